The standard InChI is InChI=1S/C12H20N2O2/c1-13-8-11(15)12(16)9-6-4-5-7-10(9)14(2)3/h4-7,11-13,15-16H,8H2,1-3H3. The van der Waals surface area contributed by atoms with Gasteiger partial charge in [-0.2, -0.15) is 0 Å². The van der Waals surface area contributed by atoms with E-state index in [4.69, 9.17) is 0 Å². The Morgan fingerprint density at radius 2 is 1.88 bits per heavy atom. The van der Waals surface area contributed by atoms with Crippen molar-refractivity contribution in [2.45, 2.75) is 12.2 Å². The molecule has 90 valence electrons. The van der Waals surface area contributed by atoms with E-state index in [1.54, 1.807) is 7.05 Å². The minimum atomic E-state index is -0.869. The molecule has 1 rings (SSSR count). The molecule has 0 aromatic heterocycles. The van der Waals surface area contributed by atoms with Gasteiger partial charge in [0.2, 0.25) is 0 Å². The van der Waals surface area contributed by atoms with Gasteiger partial charge in [0.05, 0.1) is 6.10 Å². The van der Waals surface area contributed by atoms with Crippen LogP contribution in [0.3, 0.4) is 0 Å². The summed E-state index contributed by atoms with van der Waals surface area (Å²) in [7, 11) is 5.57. The lowest BCUT2D eigenvalue weighted by molar-refractivity contribution is 0.0205. The topological polar surface area (TPSA) is 55.7 Å². The third kappa shape index (κ3) is 2.95. The molecule has 4 nitrogen and oxygen atoms in total. The molecule has 0 aliphatic heterocycles. The molecule has 0 amide bonds. The molecule has 0 bridgehead atoms. The second-order valence-electron chi connectivity index (χ2n) is 4.02. The summed E-state index contributed by atoms with van der Waals surface area (Å²) in [6, 6.07) is 7.52. The molecule has 3 N–H and O–H groups in total. The van der Waals surface area contributed by atoms with Gasteiger partial charge in [-0.3, -0.25) is 0 Å². The normalized spacial score (nSPS) is 14.6. The van der Waals surface area contributed by atoms with Crippen LogP contribution in [0.1, 0.15) is 11.7 Å². The Bertz CT molecular complexity index is 329. The van der Waals surface area contributed by atoms with Crippen molar-refractivity contribution in [1.29, 1.82) is 0 Å². The molecule has 0 aliphatic rings. The smallest absolute Gasteiger partial charge is 0.108 e. The van der Waals surface area contributed by atoms with E-state index in [0.29, 0.717) is 6.54 Å². The fourth-order valence-corrected chi connectivity index (χ4v) is 1.67. The number of hydrogen-bond acceptors (Lipinski definition) is 4. The minimum absolute atomic E-state index is 0.364. The highest BCUT2D eigenvalue weighted by molar-refractivity contribution is 5.53. The molecule has 1 aromatic rings. The molecular formula is C12H20N2O2. The summed E-state index contributed by atoms with van der Waals surface area (Å²) in [5.74, 6) is 0. The molecule has 0 fully saturated rings. The lowest BCUT2D eigenvalue weighted by atomic mass is 10.0. The molecule has 0 radical (unpaired) electrons. The fourth-order valence-electron chi connectivity index (χ4n) is 1.67. The number of para-hydroxylation sites is 1. The van der Waals surface area contributed by atoms with Crippen molar-refractivity contribution >= 4 is 5.69 Å². The van der Waals surface area contributed by atoms with Crippen LogP contribution in [0.4, 0.5) is 5.69 Å². The zero-order valence-electron chi connectivity index (χ0n) is 10.0. The Balaban J connectivity index is 2.93. The van der Waals surface area contributed by atoms with Crippen LogP contribution in [0.25, 0.3) is 0 Å². The number of nitrogens with zero attached hydrogens (tertiary/aromatic N) is 1. The van der Waals surface area contributed by atoms with E-state index in [9.17, 15) is 10.2 Å². The molecule has 0 spiro atoms. The van der Waals surface area contributed by atoms with Crippen LogP contribution >= 0.6 is 0 Å². The number of rotatable bonds is 5. The number of aliphatic hydroxyl groups is 2. The molecule has 0 saturated carbocycles. The molecule has 16 heavy (non-hydrogen) atoms. The van der Waals surface area contributed by atoms with Gasteiger partial charge in [-0.1, -0.05) is 18.2 Å². The fraction of sp³-hybridized carbons (Fsp3) is 0.500. The third-order valence-electron chi connectivity index (χ3n) is 2.51. The number of anilines is 1. The van der Waals surface area contributed by atoms with Crippen LogP contribution in [0.2, 0.25) is 0 Å². The minimum Gasteiger partial charge on any atom is -0.389 e. The van der Waals surface area contributed by atoms with Gasteiger partial charge in [-0.05, 0) is 13.1 Å². The lowest BCUT2D eigenvalue weighted by Gasteiger charge is -2.23. The summed E-state index contributed by atoms with van der Waals surface area (Å²) in [4.78, 5) is 1.92. The zero-order valence-corrected chi connectivity index (χ0v) is 10.0. The summed E-state index contributed by atoms with van der Waals surface area (Å²) in [5.41, 5.74) is 1.67. The Morgan fingerprint density at radius 1 is 1.25 bits per heavy atom. The van der Waals surface area contributed by atoms with Crippen molar-refractivity contribution < 1.29 is 10.2 Å². The van der Waals surface area contributed by atoms with Crippen molar-refractivity contribution in [2.24, 2.45) is 0 Å². The lowest BCUT2D eigenvalue weighted by Crippen LogP contribution is -2.30. The first-order valence-corrected chi connectivity index (χ1v) is 5.35. The Hall–Kier alpha value is -1.10. The molecule has 2 unspecified atom stereocenters. The first kappa shape index (κ1) is 13.0. The van der Waals surface area contributed by atoms with Gasteiger partial charge in [0.1, 0.15) is 6.10 Å². The third-order valence-corrected chi connectivity index (χ3v) is 2.51. The quantitative estimate of drug-likeness (QED) is 0.676. The number of aliphatic hydroxyl groups excluding tert-OH is 2. The van der Waals surface area contributed by atoms with Crippen molar-refractivity contribution in [2.75, 3.05) is 32.6 Å². The van der Waals surface area contributed by atoms with Gasteiger partial charge in [0.15, 0.2) is 0 Å². The Morgan fingerprint density at radius 3 is 2.44 bits per heavy atom. The molecule has 0 heterocycles. The van der Waals surface area contributed by atoms with Crippen LogP contribution in [0.5, 0.6) is 0 Å². The SMILES string of the molecule is CNCC(O)C(O)c1ccccc1N(C)C. The molecule has 1 aromatic carbocycles. The number of nitrogens with one attached hydrogen (secondary N) is 1. The maximum absolute atomic E-state index is 10.0. The van der Waals surface area contributed by atoms with E-state index >= 15 is 0 Å². The van der Waals surface area contributed by atoms with Crippen LogP contribution in [-0.2, 0) is 0 Å². The second-order valence-corrected chi connectivity index (χ2v) is 4.02. The van der Waals surface area contributed by atoms with Gasteiger partial charge >= 0.3 is 0 Å². The van der Waals surface area contributed by atoms with Crippen LogP contribution in [0, 0.1) is 0 Å². The van der Waals surface area contributed by atoms with Crippen LogP contribution < -0.4 is 10.2 Å². The van der Waals surface area contributed by atoms with Gasteiger partial charge in [0.25, 0.3) is 0 Å². The van der Waals surface area contributed by atoms with Gasteiger partial charge in [-0.25, -0.2) is 0 Å². The van der Waals surface area contributed by atoms with Crippen molar-refractivity contribution in [3.8, 4) is 0 Å². The Labute approximate surface area is 96.5 Å². The molecule has 0 saturated heterocycles. The average molecular weight is 224 g/mol. The summed E-state index contributed by atoms with van der Waals surface area (Å²) in [6.07, 6.45) is -1.67. The van der Waals surface area contributed by atoms with Gasteiger partial charge < -0.3 is 20.4 Å². The molecule has 4 heteroatoms. The van der Waals surface area contributed by atoms with Crippen LogP contribution in [0.15, 0.2) is 24.3 Å². The number of hydrogen-bond donors (Lipinski definition) is 3. The largest absolute Gasteiger partial charge is 0.389 e. The van der Waals surface area contributed by atoms with Gasteiger partial charge in [0, 0.05) is 31.9 Å². The second kappa shape index (κ2) is 5.84. The van der Waals surface area contributed by atoms with E-state index in [2.05, 4.69) is 5.32 Å². The monoisotopic (exact) mass is 224 g/mol. The van der Waals surface area contributed by atoms with E-state index in [1.807, 2.05) is 43.3 Å². The Kier molecular flexibility index (Phi) is 4.73. The van der Waals surface area contributed by atoms with E-state index in [0.717, 1.165) is 11.3 Å². The van der Waals surface area contributed by atoms with Crippen molar-refractivity contribution in [3.63, 3.8) is 0 Å². The summed E-state index contributed by atoms with van der Waals surface area (Å²) in [6.45, 7) is 0.364. The van der Waals surface area contributed by atoms with Crippen molar-refractivity contribution in [1.82, 2.24) is 5.32 Å². The zero-order chi connectivity index (χ0) is 12.1. The summed E-state index contributed by atoms with van der Waals surface area (Å²) < 4.78 is 0. The summed E-state index contributed by atoms with van der Waals surface area (Å²) in [5, 5.41) is 22.6. The number of likely N-dealkylation sites (N-methyl/N-ethyl adjacent to an activating group) is 1. The maximum atomic E-state index is 10.0. The van der Waals surface area contributed by atoms with Gasteiger partial charge in [-0.15, -0.1) is 0 Å². The number of benzene rings is 1. The van der Waals surface area contributed by atoms with E-state index < -0.39 is 12.2 Å². The van der Waals surface area contributed by atoms with Crippen LogP contribution in [-0.4, -0.2) is 44.0 Å². The summed E-state index contributed by atoms with van der Waals surface area (Å²) >= 11 is 0. The van der Waals surface area contributed by atoms with E-state index in [-0.39, 0.29) is 0 Å². The predicted octanol–water partition coefficient (Wildman–Crippen LogP) is 0.366. The first-order chi connectivity index (χ1) is 7.57. The molecule has 2 atom stereocenters. The first-order valence-electron chi connectivity index (χ1n) is 5.35. The maximum Gasteiger partial charge on any atom is 0.108 e. The average Bonchev–Trinajstić information content (AvgIpc) is 2.28. The molecule has 0 aliphatic carbocycles. The predicted molar refractivity (Wildman–Crippen MR) is 65.7 cm³/mol. The van der Waals surface area contributed by atoms with Crippen molar-refractivity contribution in [3.05, 3.63) is 29.8 Å². The van der Waals surface area contributed by atoms with E-state index in [1.165, 1.54) is 0 Å². The molecular weight excluding hydrogens is 204 g/mol. The highest BCUT2D eigenvalue weighted by atomic mass is 16.3. The highest BCUT2D eigenvalue weighted by Crippen LogP contribution is 2.26. The highest BCUT2D eigenvalue weighted by Gasteiger charge is 2.20.